The molecule has 2 rings (SSSR count). The lowest BCUT2D eigenvalue weighted by Gasteiger charge is -2.16. The predicted molar refractivity (Wildman–Crippen MR) is 78.5 cm³/mol. The van der Waals surface area contributed by atoms with E-state index in [9.17, 15) is 0 Å². The summed E-state index contributed by atoms with van der Waals surface area (Å²) < 4.78 is 7.61. The molecule has 108 valence electrons. The molecule has 0 amide bonds. The van der Waals surface area contributed by atoms with Gasteiger partial charge in [-0.3, -0.25) is 4.68 Å². The first-order chi connectivity index (χ1) is 9.60. The zero-order chi connectivity index (χ0) is 14.5. The lowest BCUT2D eigenvalue weighted by Crippen LogP contribution is -2.21. The Kier molecular flexibility index (Phi) is 4.74. The number of aryl methyl sites for hydroxylation is 2. The van der Waals surface area contributed by atoms with E-state index in [2.05, 4.69) is 23.3 Å². The highest BCUT2D eigenvalue weighted by atomic mass is 16.5. The van der Waals surface area contributed by atoms with Crippen LogP contribution in [0.1, 0.15) is 30.2 Å². The predicted octanol–water partition coefficient (Wildman–Crippen LogP) is 1.98. The molecule has 0 bridgehead atoms. The quantitative estimate of drug-likeness (QED) is 0.874. The number of para-hydroxylation sites is 1. The van der Waals surface area contributed by atoms with Crippen molar-refractivity contribution in [3.63, 3.8) is 0 Å². The third kappa shape index (κ3) is 3.57. The minimum Gasteiger partial charge on any atom is -0.487 e. The first kappa shape index (κ1) is 14.5. The summed E-state index contributed by atoms with van der Waals surface area (Å²) in [5, 5.41) is 7.93. The van der Waals surface area contributed by atoms with Crippen molar-refractivity contribution >= 4 is 0 Å². The Labute approximate surface area is 119 Å². The number of hydrogen-bond donors (Lipinski definition) is 1. The number of hydrogen-bond acceptors (Lipinski definition) is 4. The highest BCUT2D eigenvalue weighted by Gasteiger charge is 2.11. The van der Waals surface area contributed by atoms with Crippen LogP contribution in [0.5, 0.6) is 5.75 Å². The molecular weight excluding hydrogens is 252 g/mol. The first-order valence-electron chi connectivity index (χ1n) is 6.92. The van der Waals surface area contributed by atoms with Crippen LogP contribution >= 0.6 is 0 Å². The van der Waals surface area contributed by atoms with Gasteiger partial charge in [0.1, 0.15) is 18.1 Å². The maximum absolute atomic E-state index is 6.05. The summed E-state index contributed by atoms with van der Waals surface area (Å²) in [5.74, 6) is 0.919. The van der Waals surface area contributed by atoms with Crippen LogP contribution in [0.4, 0.5) is 0 Å². The van der Waals surface area contributed by atoms with Crippen molar-refractivity contribution in [3.05, 3.63) is 41.2 Å². The summed E-state index contributed by atoms with van der Waals surface area (Å²) in [7, 11) is 1.84. The maximum Gasteiger partial charge on any atom is 0.134 e. The fourth-order valence-electron chi connectivity index (χ4n) is 2.11. The van der Waals surface area contributed by atoms with Crippen molar-refractivity contribution in [1.82, 2.24) is 15.0 Å². The van der Waals surface area contributed by atoms with Gasteiger partial charge in [-0.2, -0.15) is 0 Å². The van der Waals surface area contributed by atoms with E-state index in [1.54, 1.807) is 4.68 Å². The van der Waals surface area contributed by atoms with Crippen molar-refractivity contribution in [2.24, 2.45) is 12.8 Å². The van der Waals surface area contributed by atoms with E-state index in [1.807, 2.05) is 32.3 Å². The van der Waals surface area contributed by atoms with Crippen LogP contribution in [0.25, 0.3) is 0 Å². The Morgan fingerprint density at radius 3 is 2.85 bits per heavy atom. The molecule has 20 heavy (non-hydrogen) atoms. The molecule has 2 N–H and O–H groups in total. The Bertz CT molecular complexity index is 565. The zero-order valence-electron chi connectivity index (χ0n) is 12.3. The van der Waals surface area contributed by atoms with Crippen LogP contribution in [0, 0.1) is 6.92 Å². The van der Waals surface area contributed by atoms with Crippen LogP contribution in [0.2, 0.25) is 0 Å². The third-order valence-electron chi connectivity index (χ3n) is 3.31. The molecule has 1 heterocycles. The first-order valence-corrected chi connectivity index (χ1v) is 6.92. The van der Waals surface area contributed by atoms with Crippen molar-refractivity contribution in [2.45, 2.75) is 39.3 Å². The molecule has 1 aromatic carbocycles. The van der Waals surface area contributed by atoms with Crippen molar-refractivity contribution in [3.8, 4) is 5.75 Å². The maximum atomic E-state index is 6.05. The fourth-order valence-corrected chi connectivity index (χ4v) is 2.11. The van der Waals surface area contributed by atoms with Gasteiger partial charge in [-0.15, -0.1) is 5.10 Å². The number of aromatic nitrogens is 3. The van der Waals surface area contributed by atoms with E-state index in [0.29, 0.717) is 6.61 Å². The molecule has 1 unspecified atom stereocenters. The zero-order valence-corrected chi connectivity index (χ0v) is 12.3. The van der Waals surface area contributed by atoms with Crippen molar-refractivity contribution in [2.75, 3.05) is 0 Å². The molecule has 5 nitrogen and oxygen atoms in total. The minimum absolute atomic E-state index is 0.163. The molecule has 0 aliphatic carbocycles. The average molecular weight is 274 g/mol. The molecule has 0 aliphatic heterocycles. The average Bonchev–Trinajstić information content (AvgIpc) is 2.83. The Hall–Kier alpha value is -1.88. The summed E-state index contributed by atoms with van der Waals surface area (Å²) in [6, 6.07) is 6.33. The highest BCUT2D eigenvalue weighted by molar-refractivity contribution is 5.41. The Morgan fingerprint density at radius 1 is 1.40 bits per heavy atom. The van der Waals surface area contributed by atoms with Gasteiger partial charge < -0.3 is 10.5 Å². The fraction of sp³-hybridized carbons (Fsp3) is 0.467. The molecule has 1 atom stereocenters. The molecule has 0 spiro atoms. The van der Waals surface area contributed by atoms with E-state index in [-0.39, 0.29) is 6.04 Å². The van der Waals surface area contributed by atoms with Crippen LogP contribution < -0.4 is 10.5 Å². The van der Waals surface area contributed by atoms with Gasteiger partial charge in [-0.25, -0.2) is 0 Å². The lowest BCUT2D eigenvalue weighted by atomic mass is 10.0. The molecule has 0 radical (unpaired) electrons. The SMILES string of the molecule is CCC(N)Cc1cccc(C)c1OCc1cn(C)nn1. The van der Waals surface area contributed by atoms with Crippen LogP contribution in [0.15, 0.2) is 24.4 Å². The van der Waals surface area contributed by atoms with Gasteiger partial charge in [0.25, 0.3) is 0 Å². The van der Waals surface area contributed by atoms with Crippen molar-refractivity contribution in [1.29, 1.82) is 0 Å². The Balaban J connectivity index is 2.12. The molecular formula is C15H22N4O. The molecule has 1 aromatic heterocycles. The van der Waals surface area contributed by atoms with E-state index in [0.717, 1.165) is 35.4 Å². The van der Waals surface area contributed by atoms with Gasteiger partial charge in [0.05, 0.1) is 6.20 Å². The molecule has 2 aromatic rings. The van der Waals surface area contributed by atoms with Crippen LogP contribution in [0.3, 0.4) is 0 Å². The van der Waals surface area contributed by atoms with E-state index < -0.39 is 0 Å². The largest absolute Gasteiger partial charge is 0.487 e. The van der Waals surface area contributed by atoms with Gasteiger partial charge in [-0.05, 0) is 30.9 Å². The van der Waals surface area contributed by atoms with Gasteiger partial charge in [0.15, 0.2) is 0 Å². The molecule has 0 aliphatic rings. The molecule has 0 saturated heterocycles. The van der Waals surface area contributed by atoms with Gasteiger partial charge >= 0.3 is 0 Å². The van der Waals surface area contributed by atoms with E-state index >= 15 is 0 Å². The number of nitrogens with two attached hydrogens (primary N) is 1. The second-order valence-electron chi connectivity index (χ2n) is 5.11. The number of benzene rings is 1. The molecule has 0 saturated carbocycles. The van der Waals surface area contributed by atoms with Gasteiger partial charge in [0, 0.05) is 13.1 Å². The minimum atomic E-state index is 0.163. The van der Waals surface area contributed by atoms with Crippen molar-refractivity contribution < 1.29 is 4.74 Å². The summed E-state index contributed by atoms with van der Waals surface area (Å²) in [6.45, 7) is 4.57. The number of nitrogens with zero attached hydrogens (tertiary/aromatic N) is 3. The summed E-state index contributed by atoms with van der Waals surface area (Å²) in [4.78, 5) is 0. The van der Waals surface area contributed by atoms with Crippen LogP contribution in [-0.2, 0) is 20.1 Å². The topological polar surface area (TPSA) is 66.0 Å². The number of ether oxygens (including phenoxy) is 1. The highest BCUT2D eigenvalue weighted by Crippen LogP contribution is 2.25. The standard InChI is InChI=1S/C15H22N4O/c1-4-13(16)8-12-7-5-6-11(2)15(12)20-10-14-9-19(3)18-17-14/h5-7,9,13H,4,8,10,16H2,1-3H3. The van der Waals surface area contributed by atoms with Gasteiger partial charge in [0.2, 0.25) is 0 Å². The molecule has 0 fully saturated rings. The second-order valence-corrected chi connectivity index (χ2v) is 5.11. The summed E-state index contributed by atoms with van der Waals surface area (Å²) in [5.41, 5.74) is 9.15. The smallest absolute Gasteiger partial charge is 0.134 e. The third-order valence-corrected chi connectivity index (χ3v) is 3.31. The van der Waals surface area contributed by atoms with Crippen LogP contribution in [-0.4, -0.2) is 21.0 Å². The monoisotopic (exact) mass is 274 g/mol. The summed E-state index contributed by atoms with van der Waals surface area (Å²) in [6.07, 6.45) is 3.64. The normalized spacial score (nSPS) is 12.4. The number of rotatable bonds is 6. The lowest BCUT2D eigenvalue weighted by molar-refractivity contribution is 0.295. The van der Waals surface area contributed by atoms with Gasteiger partial charge in [-0.1, -0.05) is 30.3 Å². The second kappa shape index (κ2) is 6.52. The van der Waals surface area contributed by atoms with E-state index in [4.69, 9.17) is 10.5 Å². The summed E-state index contributed by atoms with van der Waals surface area (Å²) >= 11 is 0. The Morgan fingerprint density at radius 2 is 2.20 bits per heavy atom. The molecule has 5 heteroatoms. The van der Waals surface area contributed by atoms with E-state index in [1.165, 1.54) is 0 Å².